The van der Waals surface area contributed by atoms with Crippen LogP contribution in [0.1, 0.15) is 29.3 Å². The van der Waals surface area contributed by atoms with Crippen LogP contribution in [-0.4, -0.2) is 33.2 Å². The second-order valence-corrected chi connectivity index (χ2v) is 3.85. The van der Waals surface area contributed by atoms with Crippen molar-refractivity contribution in [3.05, 3.63) is 29.3 Å². The summed E-state index contributed by atoms with van der Waals surface area (Å²) in [6.45, 7) is 4.36. The number of benzene rings is 1. The quantitative estimate of drug-likeness (QED) is 0.500. The molecule has 0 bridgehead atoms. The van der Waals surface area contributed by atoms with E-state index in [-0.39, 0.29) is 0 Å². The lowest BCUT2D eigenvalue weighted by molar-refractivity contribution is 0.0402. The highest BCUT2D eigenvalue weighted by molar-refractivity contribution is 5.75. The highest BCUT2D eigenvalue weighted by atomic mass is 16.5. The number of carbonyl (C=O) groups is 1. The summed E-state index contributed by atoms with van der Waals surface area (Å²) in [4.78, 5) is 10.7. The van der Waals surface area contributed by atoms with Gasteiger partial charge in [-0.2, -0.15) is 0 Å². The largest absolute Gasteiger partial charge is 0.496 e. The van der Waals surface area contributed by atoms with Gasteiger partial charge in [-0.05, 0) is 24.6 Å². The molecule has 1 rings (SSSR count). The van der Waals surface area contributed by atoms with E-state index in [9.17, 15) is 4.79 Å². The number of rotatable bonds is 9. The van der Waals surface area contributed by atoms with Crippen LogP contribution in [0.5, 0.6) is 5.75 Å². The molecule has 0 fully saturated rings. The Bertz CT molecular complexity index is 363. The molecule has 18 heavy (non-hydrogen) atoms. The van der Waals surface area contributed by atoms with Crippen molar-refractivity contribution in [3.8, 4) is 5.75 Å². The first-order chi connectivity index (χ1) is 8.81. The van der Waals surface area contributed by atoms with Crippen molar-refractivity contribution in [2.45, 2.75) is 20.0 Å². The van der Waals surface area contributed by atoms with Gasteiger partial charge in [0.15, 0.2) is 0 Å². The maximum Gasteiger partial charge on any atom is 0.150 e. The smallest absolute Gasteiger partial charge is 0.150 e. The molecule has 0 spiro atoms. The number of methoxy groups -OCH3 is 1. The summed E-state index contributed by atoms with van der Waals surface area (Å²) in [5.41, 5.74) is 1.49. The second-order valence-electron chi connectivity index (χ2n) is 3.85. The van der Waals surface area contributed by atoms with Crippen LogP contribution in [0, 0.1) is 0 Å². The van der Waals surface area contributed by atoms with Gasteiger partial charge in [-0.15, -0.1) is 0 Å². The molecule has 0 aliphatic heterocycles. The fourth-order valence-corrected chi connectivity index (χ4v) is 1.53. The van der Waals surface area contributed by atoms with Gasteiger partial charge in [0.2, 0.25) is 0 Å². The molecule has 0 N–H and O–H groups in total. The molecule has 0 radical (unpaired) electrons. The van der Waals surface area contributed by atoms with Gasteiger partial charge in [-0.3, -0.25) is 4.79 Å². The first-order valence-electron chi connectivity index (χ1n) is 6.09. The molecular formula is C14H20O4. The molecule has 100 valence electrons. The highest BCUT2D eigenvalue weighted by Gasteiger charge is 2.04. The zero-order valence-electron chi connectivity index (χ0n) is 11.0. The first kappa shape index (κ1) is 14.7. The van der Waals surface area contributed by atoms with Crippen LogP contribution in [0.15, 0.2) is 18.2 Å². The Balaban J connectivity index is 2.42. The van der Waals surface area contributed by atoms with Crippen LogP contribution in [0.4, 0.5) is 0 Å². The van der Waals surface area contributed by atoms with E-state index in [2.05, 4.69) is 6.92 Å². The molecular weight excluding hydrogens is 232 g/mol. The third-order valence-corrected chi connectivity index (χ3v) is 2.42. The Morgan fingerprint density at radius 2 is 1.94 bits per heavy atom. The molecule has 0 aliphatic rings. The van der Waals surface area contributed by atoms with E-state index in [0.29, 0.717) is 25.4 Å². The van der Waals surface area contributed by atoms with E-state index in [1.165, 1.54) is 0 Å². The summed E-state index contributed by atoms with van der Waals surface area (Å²) in [6, 6.07) is 5.27. The average molecular weight is 252 g/mol. The van der Waals surface area contributed by atoms with Gasteiger partial charge in [-0.25, -0.2) is 0 Å². The first-order valence-corrected chi connectivity index (χ1v) is 6.09. The van der Waals surface area contributed by atoms with Crippen LogP contribution in [0.25, 0.3) is 0 Å². The third-order valence-electron chi connectivity index (χ3n) is 2.42. The maximum atomic E-state index is 10.7. The standard InChI is InChI=1S/C14H20O4/c1-3-6-17-7-8-18-11-13-9-12(10-15)4-5-14(13)16-2/h4-5,9-10H,3,6-8,11H2,1-2H3. The molecule has 0 aromatic heterocycles. The summed E-state index contributed by atoms with van der Waals surface area (Å²) in [6.07, 6.45) is 1.82. The Hall–Kier alpha value is -1.39. The van der Waals surface area contributed by atoms with Crippen LogP contribution in [-0.2, 0) is 16.1 Å². The molecule has 0 saturated heterocycles. The average Bonchev–Trinajstić information content (AvgIpc) is 2.42. The van der Waals surface area contributed by atoms with Gasteiger partial charge >= 0.3 is 0 Å². The van der Waals surface area contributed by atoms with Gasteiger partial charge in [0.05, 0.1) is 26.9 Å². The van der Waals surface area contributed by atoms with Crippen molar-refractivity contribution < 1.29 is 19.0 Å². The maximum absolute atomic E-state index is 10.7. The van der Waals surface area contributed by atoms with Crippen LogP contribution < -0.4 is 4.74 Å². The van der Waals surface area contributed by atoms with E-state index in [4.69, 9.17) is 14.2 Å². The van der Waals surface area contributed by atoms with Crippen molar-refractivity contribution in [1.82, 2.24) is 0 Å². The SMILES string of the molecule is CCCOCCOCc1cc(C=O)ccc1OC. The Morgan fingerprint density at radius 1 is 1.17 bits per heavy atom. The second kappa shape index (κ2) is 8.66. The summed E-state index contributed by atoms with van der Waals surface area (Å²) < 4.78 is 16.0. The van der Waals surface area contributed by atoms with Crippen molar-refractivity contribution in [3.63, 3.8) is 0 Å². The molecule has 0 amide bonds. The minimum absolute atomic E-state index is 0.417. The number of carbonyl (C=O) groups excluding carboxylic acids is 1. The predicted octanol–water partition coefficient (Wildman–Crippen LogP) is 2.45. The predicted molar refractivity (Wildman–Crippen MR) is 69.1 cm³/mol. The fraction of sp³-hybridized carbons (Fsp3) is 0.500. The fourth-order valence-electron chi connectivity index (χ4n) is 1.53. The van der Waals surface area contributed by atoms with E-state index in [1.54, 1.807) is 25.3 Å². The number of ether oxygens (including phenoxy) is 3. The molecule has 0 aliphatic carbocycles. The minimum Gasteiger partial charge on any atom is -0.496 e. The molecule has 4 heteroatoms. The molecule has 1 aromatic carbocycles. The van der Waals surface area contributed by atoms with E-state index in [1.807, 2.05) is 0 Å². The topological polar surface area (TPSA) is 44.8 Å². The van der Waals surface area contributed by atoms with E-state index < -0.39 is 0 Å². The highest BCUT2D eigenvalue weighted by Crippen LogP contribution is 2.20. The van der Waals surface area contributed by atoms with Gasteiger partial charge in [-0.1, -0.05) is 6.92 Å². The van der Waals surface area contributed by atoms with Crippen LogP contribution >= 0.6 is 0 Å². The molecule has 0 heterocycles. The Morgan fingerprint density at radius 3 is 2.61 bits per heavy atom. The van der Waals surface area contributed by atoms with E-state index >= 15 is 0 Å². The van der Waals surface area contributed by atoms with Crippen LogP contribution in [0.3, 0.4) is 0 Å². The molecule has 0 atom stereocenters. The lowest BCUT2D eigenvalue weighted by Crippen LogP contribution is -2.05. The molecule has 0 unspecified atom stereocenters. The van der Waals surface area contributed by atoms with Gasteiger partial charge in [0.25, 0.3) is 0 Å². The molecule has 0 saturated carbocycles. The van der Waals surface area contributed by atoms with Crippen molar-refractivity contribution in [1.29, 1.82) is 0 Å². The lowest BCUT2D eigenvalue weighted by atomic mass is 10.1. The summed E-state index contributed by atoms with van der Waals surface area (Å²) in [5, 5.41) is 0. The van der Waals surface area contributed by atoms with E-state index in [0.717, 1.165) is 30.6 Å². The summed E-state index contributed by atoms with van der Waals surface area (Å²) in [7, 11) is 1.60. The zero-order valence-corrected chi connectivity index (χ0v) is 11.0. The number of aldehydes is 1. The van der Waals surface area contributed by atoms with Crippen molar-refractivity contribution in [2.75, 3.05) is 26.9 Å². The van der Waals surface area contributed by atoms with Gasteiger partial charge in [0, 0.05) is 17.7 Å². The summed E-state index contributed by atoms with van der Waals surface area (Å²) in [5.74, 6) is 0.732. The number of hydrogen-bond donors (Lipinski definition) is 0. The molecule has 4 nitrogen and oxygen atoms in total. The third kappa shape index (κ3) is 4.85. The lowest BCUT2D eigenvalue weighted by Gasteiger charge is -2.10. The van der Waals surface area contributed by atoms with Gasteiger partial charge in [0.1, 0.15) is 12.0 Å². The normalized spacial score (nSPS) is 10.3. The molecule has 1 aromatic rings. The Labute approximate surface area is 108 Å². The monoisotopic (exact) mass is 252 g/mol. The number of hydrogen-bond acceptors (Lipinski definition) is 4. The van der Waals surface area contributed by atoms with Crippen molar-refractivity contribution >= 4 is 6.29 Å². The zero-order chi connectivity index (χ0) is 13.2. The summed E-state index contributed by atoms with van der Waals surface area (Å²) >= 11 is 0. The Kier molecular flexibility index (Phi) is 7.06. The van der Waals surface area contributed by atoms with Crippen LogP contribution in [0.2, 0.25) is 0 Å². The van der Waals surface area contributed by atoms with Gasteiger partial charge < -0.3 is 14.2 Å². The van der Waals surface area contributed by atoms with Crippen molar-refractivity contribution in [2.24, 2.45) is 0 Å². The minimum atomic E-state index is 0.417.